The number of carbonyl (C=O) groups excluding carboxylic acids is 1. The SMILES string of the molecule is O=C(c1ccc(F)cc1)N1CCCN(Cc2c(F)cccc2Cl)CC1. The molecule has 0 radical (unpaired) electrons. The maximum absolute atomic E-state index is 14.0. The number of rotatable bonds is 3. The van der Waals surface area contributed by atoms with Crippen molar-refractivity contribution in [3.63, 3.8) is 0 Å². The van der Waals surface area contributed by atoms with Crippen LogP contribution in [0.1, 0.15) is 22.3 Å². The molecule has 1 amide bonds. The minimum Gasteiger partial charge on any atom is -0.337 e. The van der Waals surface area contributed by atoms with Crippen LogP contribution in [0.4, 0.5) is 8.78 Å². The predicted octanol–water partition coefficient (Wildman–Crippen LogP) is 3.97. The molecule has 0 aromatic heterocycles. The van der Waals surface area contributed by atoms with Crippen molar-refractivity contribution in [3.05, 3.63) is 70.2 Å². The van der Waals surface area contributed by atoms with Gasteiger partial charge in [0.05, 0.1) is 0 Å². The van der Waals surface area contributed by atoms with Gasteiger partial charge in [0, 0.05) is 48.9 Å². The summed E-state index contributed by atoms with van der Waals surface area (Å²) in [5, 5.41) is 0.420. The Morgan fingerprint density at radius 2 is 1.76 bits per heavy atom. The summed E-state index contributed by atoms with van der Waals surface area (Å²) in [6, 6.07) is 10.3. The van der Waals surface area contributed by atoms with Gasteiger partial charge in [-0.05, 0) is 42.8 Å². The van der Waals surface area contributed by atoms with Gasteiger partial charge in [0.1, 0.15) is 11.6 Å². The van der Waals surface area contributed by atoms with Crippen molar-refractivity contribution in [3.8, 4) is 0 Å². The molecule has 0 atom stereocenters. The van der Waals surface area contributed by atoms with E-state index >= 15 is 0 Å². The van der Waals surface area contributed by atoms with E-state index in [1.165, 1.54) is 30.3 Å². The molecule has 1 fully saturated rings. The Kier molecular flexibility index (Phi) is 5.66. The molecular formula is C19H19ClF2N2O. The van der Waals surface area contributed by atoms with Gasteiger partial charge in [0.2, 0.25) is 0 Å². The van der Waals surface area contributed by atoms with Crippen LogP contribution in [0.2, 0.25) is 5.02 Å². The first-order valence-electron chi connectivity index (χ1n) is 8.24. The van der Waals surface area contributed by atoms with Gasteiger partial charge in [-0.3, -0.25) is 9.69 Å². The number of hydrogen-bond acceptors (Lipinski definition) is 2. The summed E-state index contributed by atoms with van der Waals surface area (Å²) in [6.45, 7) is 2.99. The Balaban J connectivity index is 1.64. The molecule has 0 saturated carbocycles. The van der Waals surface area contributed by atoms with E-state index in [9.17, 15) is 13.6 Å². The summed E-state index contributed by atoms with van der Waals surface area (Å²) in [7, 11) is 0. The summed E-state index contributed by atoms with van der Waals surface area (Å²) >= 11 is 6.10. The maximum Gasteiger partial charge on any atom is 0.253 e. The summed E-state index contributed by atoms with van der Waals surface area (Å²) < 4.78 is 27.0. The van der Waals surface area contributed by atoms with Gasteiger partial charge in [0.15, 0.2) is 0 Å². The monoisotopic (exact) mass is 364 g/mol. The topological polar surface area (TPSA) is 23.6 Å². The third-order valence-electron chi connectivity index (χ3n) is 4.41. The van der Waals surface area contributed by atoms with E-state index in [1.807, 2.05) is 0 Å². The molecule has 0 aliphatic carbocycles. The predicted molar refractivity (Wildman–Crippen MR) is 93.6 cm³/mol. The Bertz CT molecular complexity index is 731. The first-order valence-corrected chi connectivity index (χ1v) is 8.62. The van der Waals surface area contributed by atoms with Crippen molar-refractivity contribution < 1.29 is 13.6 Å². The van der Waals surface area contributed by atoms with E-state index in [1.54, 1.807) is 17.0 Å². The quantitative estimate of drug-likeness (QED) is 0.822. The fourth-order valence-electron chi connectivity index (χ4n) is 3.01. The largest absolute Gasteiger partial charge is 0.337 e. The smallest absolute Gasteiger partial charge is 0.253 e. The number of benzene rings is 2. The molecule has 3 rings (SSSR count). The first kappa shape index (κ1) is 17.8. The summed E-state index contributed by atoms with van der Waals surface area (Å²) in [4.78, 5) is 16.4. The van der Waals surface area contributed by atoms with Crippen molar-refractivity contribution in [1.29, 1.82) is 0 Å². The maximum atomic E-state index is 14.0. The fourth-order valence-corrected chi connectivity index (χ4v) is 3.24. The summed E-state index contributed by atoms with van der Waals surface area (Å²) in [5.74, 6) is -0.776. The van der Waals surface area contributed by atoms with Crippen LogP contribution in [-0.4, -0.2) is 41.9 Å². The first-order chi connectivity index (χ1) is 12.0. The minimum atomic E-state index is -0.361. The van der Waals surface area contributed by atoms with Crippen LogP contribution < -0.4 is 0 Å². The highest BCUT2D eigenvalue weighted by Crippen LogP contribution is 2.21. The lowest BCUT2D eigenvalue weighted by Gasteiger charge is -2.22. The number of amides is 1. The lowest BCUT2D eigenvalue weighted by atomic mass is 10.2. The molecule has 1 aliphatic heterocycles. The van der Waals surface area contributed by atoms with Crippen LogP contribution >= 0.6 is 11.6 Å². The molecule has 0 spiro atoms. The molecule has 0 bridgehead atoms. The van der Waals surface area contributed by atoms with Crippen LogP contribution in [0.3, 0.4) is 0 Å². The molecule has 6 heteroatoms. The van der Waals surface area contributed by atoms with Crippen LogP contribution in [0.5, 0.6) is 0 Å². The molecule has 132 valence electrons. The Labute approximate surface area is 150 Å². The molecule has 25 heavy (non-hydrogen) atoms. The molecule has 1 saturated heterocycles. The van der Waals surface area contributed by atoms with E-state index in [4.69, 9.17) is 11.6 Å². The second-order valence-corrected chi connectivity index (χ2v) is 6.54. The normalized spacial score (nSPS) is 15.9. The van der Waals surface area contributed by atoms with Gasteiger partial charge in [-0.2, -0.15) is 0 Å². The van der Waals surface area contributed by atoms with Crippen LogP contribution in [-0.2, 0) is 6.54 Å². The molecule has 1 heterocycles. The zero-order valence-electron chi connectivity index (χ0n) is 13.7. The van der Waals surface area contributed by atoms with E-state index in [0.29, 0.717) is 42.3 Å². The van der Waals surface area contributed by atoms with Crippen molar-refractivity contribution in [2.75, 3.05) is 26.2 Å². The van der Waals surface area contributed by atoms with E-state index in [2.05, 4.69) is 4.90 Å². The van der Waals surface area contributed by atoms with Gasteiger partial charge < -0.3 is 4.90 Å². The second kappa shape index (κ2) is 7.93. The van der Waals surface area contributed by atoms with Crippen molar-refractivity contribution in [1.82, 2.24) is 9.80 Å². The highest BCUT2D eigenvalue weighted by Gasteiger charge is 2.21. The molecule has 2 aromatic carbocycles. The van der Waals surface area contributed by atoms with Crippen molar-refractivity contribution in [2.45, 2.75) is 13.0 Å². The highest BCUT2D eigenvalue weighted by molar-refractivity contribution is 6.31. The Hall–Kier alpha value is -1.98. The van der Waals surface area contributed by atoms with Crippen LogP contribution in [0.15, 0.2) is 42.5 Å². The van der Waals surface area contributed by atoms with Crippen molar-refractivity contribution >= 4 is 17.5 Å². The second-order valence-electron chi connectivity index (χ2n) is 6.13. The molecule has 2 aromatic rings. The van der Waals surface area contributed by atoms with E-state index in [0.717, 1.165) is 13.0 Å². The van der Waals surface area contributed by atoms with Gasteiger partial charge in [-0.25, -0.2) is 8.78 Å². The van der Waals surface area contributed by atoms with E-state index < -0.39 is 0 Å². The third-order valence-corrected chi connectivity index (χ3v) is 4.76. The molecule has 0 unspecified atom stereocenters. The van der Waals surface area contributed by atoms with Gasteiger partial charge >= 0.3 is 0 Å². The van der Waals surface area contributed by atoms with Crippen LogP contribution in [0.25, 0.3) is 0 Å². The average Bonchev–Trinajstić information content (AvgIpc) is 2.84. The van der Waals surface area contributed by atoms with Gasteiger partial charge in [-0.1, -0.05) is 17.7 Å². The number of hydrogen-bond donors (Lipinski definition) is 0. The molecule has 0 N–H and O–H groups in total. The molecule has 1 aliphatic rings. The minimum absolute atomic E-state index is 0.106. The highest BCUT2D eigenvalue weighted by atomic mass is 35.5. The third kappa shape index (κ3) is 4.35. The molecular weight excluding hydrogens is 346 g/mol. The fraction of sp³-hybridized carbons (Fsp3) is 0.316. The van der Waals surface area contributed by atoms with Gasteiger partial charge in [-0.15, -0.1) is 0 Å². The lowest BCUT2D eigenvalue weighted by molar-refractivity contribution is 0.0761. The van der Waals surface area contributed by atoms with Crippen molar-refractivity contribution in [2.24, 2.45) is 0 Å². The summed E-state index contributed by atoms with van der Waals surface area (Å²) in [6.07, 6.45) is 0.791. The van der Waals surface area contributed by atoms with Gasteiger partial charge in [0.25, 0.3) is 5.91 Å². The standard InChI is InChI=1S/C19H19ClF2N2O/c20-17-3-1-4-18(22)16(17)13-23-9-2-10-24(12-11-23)19(25)14-5-7-15(21)8-6-14/h1,3-8H,2,9-13H2. The zero-order valence-corrected chi connectivity index (χ0v) is 14.5. The molecule has 3 nitrogen and oxygen atoms in total. The Morgan fingerprint density at radius 3 is 2.48 bits per heavy atom. The number of carbonyl (C=O) groups is 1. The van der Waals surface area contributed by atoms with Crippen LogP contribution in [0, 0.1) is 11.6 Å². The zero-order chi connectivity index (χ0) is 17.8. The average molecular weight is 365 g/mol. The summed E-state index contributed by atoms with van der Waals surface area (Å²) in [5.41, 5.74) is 0.967. The number of nitrogens with zero attached hydrogens (tertiary/aromatic N) is 2. The number of halogens is 3. The van der Waals surface area contributed by atoms with E-state index in [-0.39, 0.29) is 17.5 Å². The Morgan fingerprint density at radius 1 is 1.00 bits per heavy atom. The lowest BCUT2D eigenvalue weighted by Crippen LogP contribution is -2.35.